The van der Waals surface area contributed by atoms with Crippen molar-refractivity contribution in [3.05, 3.63) is 167 Å². The number of hydrogen-bond donors (Lipinski definition) is 5. The van der Waals surface area contributed by atoms with Crippen molar-refractivity contribution in [2.75, 3.05) is 94.9 Å². The van der Waals surface area contributed by atoms with Gasteiger partial charge in [0.1, 0.15) is 99.9 Å². The third kappa shape index (κ3) is 31.8. The van der Waals surface area contributed by atoms with Crippen LogP contribution in [0.4, 0.5) is 50.4 Å². The highest BCUT2D eigenvalue weighted by Crippen LogP contribution is 2.32. The van der Waals surface area contributed by atoms with Gasteiger partial charge >= 0.3 is 0 Å². The molecule has 5 aromatic carbocycles. The molecule has 0 amide bonds. The van der Waals surface area contributed by atoms with Gasteiger partial charge in [-0.3, -0.25) is 0 Å². The van der Waals surface area contributed by atoms with E-state index in [0.717, 1.165) is 76.5 Å². The summed E-state index contributed by atoms with van der Waals surface area (Å²) in [5, 5.41) is 14.3. The van der Waals surface area contributed by atoms with Crippen molar-refractivity contribution in [1.29, 1.82) is 0 Å². The number of rotatable bonds is 26. The number of benzene rings is 5. The molecule has 0 spiro atoms. The lowest BCUT2D eigenvalue weighted by Gasteiger charge is -2.12. The highest BCUT2D eigenvalue weighted by atomic mass is 79.9. The van der Waals surface area contributed by atoms with Crippen LogP contribution in [0.15, 0.2) is 110 Å². The van der Waals surface area contributed by atoms with Crippen LogP contribution in [-0.2, 0) is 25.7 Å². The highest BCUT2D eigenvalue weighted by molar-refractivity contribution is 9.29. The third-order valence-electron chi connectivity index (χ3n) is 11.3. The Kier molecular flexibility index (Phi) is 42.8. The van der Waals surface area contributed by atoms with Crippen LogP contribution in [0.3, 0.4) is 0 Å². The molecule has 0 aliphatic rings. The fourth-order valence-electron chi connectivity index (χ4n) is 7.60. The molecule has 5 N–H and O–H groups in total. The number of aryl methyl sites for hydroxylation is 5. The van der Waals surface area contributed by atoms with Crippen LogP contribution in [0, 0.1) is 36.0 Å². The molecule has 0 aliphatic heterocycles. The van der Waals surface area contributed by atoms with Gasteiger partial charge in [0, 0.05) is 65.6 Å². The molecule has 0 heterocycles. The molecule has 0 radical (unpaired) electrons. The van der Waals surface area contributed by atoms with E-state index in [9.17, 15) is 22.0 Å². The molecule has 0 fully saturated rings. The zero-order chi connectivity index (χ0) is 64.9. The summed E-state index contributed by atoms with van der Waals surface area (Å²) in [7, 11) is 8.52. The highest BCUT2D eigenvalue weighted by Gasteiger charge is 2.14. The zero-order valence-corrected chi connectivity index (χ0v) is 61.7. The first-order valence-corrected chi connectivity index (χ1v) is 32.8. The van der Waals surface area contributed by atoms with Crippen molar-refractivity contribution >= 4 is 170 Å². The van der Waals surface area contributed by atoms with Crippen LogP contribution in [-0.4, -0.2) is 68.3 Å². The lowest BCUT2D eigenvalue weighted by Crippen LogP contribution is -2.02. The van der Waals surface area contributed by atoms with Crippen molar-refractivity contribution in [2.24, 2.45) is 0 Å². The molecular formula is C61H72Br6Cl4F5N5O5. The summed E-state index contributed by atoms with van der Waals surface area (Å²) >= 11 is 41.2. The van der Waals surface area contributed by atoms with Gasteiger partial charge in [-0.25, -0.2) is 22.0 Å². The molecule has 0 bridgehead atoms. The molecule has 0 saturated carbocycles. The van der Waals surface area contributed by atoms with Crippen LogP contribution in [0.2, 0.25) is 0 Å². The topological polar surface area (TPSA) is 106 Å². The summed E-state index contributed by atoms with van der Waals surface area (Å²) in [6, 6.07) is 16.0. The van der Waals surface area contributed by atoms with Crippen molar-refractivity contribution in [3.63, 3.8) is 0 Å². The van der Waals surface area contributed by atoms with Gasteiger partial charge in [0.05, 0.1) is 38.6 Å². The van der Waals surface area contributed by atoms with Crippen LogP contribution >= 0.6 is 142 Å². The van der Waals surface area contributed by atoms with Crippen molar-refractivity contribution in [3.8, 4) is 28.7 Å². The molecule has 5 aromatic rings. The van der Waals surface area contributed by atoms with E-state index in [4.69, 9.17) is 70.1 Å². The predicted octanol–water partition coefficient (Wildman–Crippen LogP) is 22.1. The Morgan fingerprint density at radius 3 is 0.826 bits per heavy atom. The Bertz CT molecular complexity index is 2850. The Balaban J connectivity index is 0.000000538. The summed E-state index contributed by atoms with van der Waals surface area (Å²) < 4.78 is 98.2. The number of nitrogens with one attached hydrogen (secondary N) is 5. The second-order valence-electron chi connectivity index (χ2n) is 17.3. The van der Waals surface area contributed by atoms with Crippen LogP contribution in [0.1, 0.15) is 68.4 Å². The minimum Gasteiger partial charge on any atom is -0.489 e. The summed E-state index contributed by atoms with van der Waals surface area (Å²) in [5.74, 6) is 1.02. The number of anilines is 5. The first-order valence-electron chi connectivity index (χ1n) is 26.5. The van der Waals surface area contributed by atoms with E-state index in [1.807, 2.05) is 52.0 Å². The van der Waals surface area contributed by atoms with E-state index >= 15 is 0 Å². The number of ether oxygens (including phenoxy) is 5. The molecule has 5 rings (SSSR count). The lowest BCUT2D eigenvalue weighted by atomic mass is 10.1. The predicted molar refractivity (Wildman–Crippen MR) is 376 cm³/mol. The molecular weight excluding hydrogens is 1600 g/mol. The second-order valence-corrected chi connectivity index (χ2v) is 27.7. The van der Waals surface area contributed by atoms with Crippen molar-refractivity contribution < 1.29 is 45.6 Å². The van der Waals surface area contributed by atoms with E-state index in [-0.39, 0.29) is 51.3 Å². The largest absolute Gasteiger partial charge is 0.489 e. The van der Waals surface area contributed by atoms with Gasteiger partial charge in [0.2, 0.25) is 0 Å². The Hall–Kier alpha value is -3.51. The van der Waals surface area contributed by atoms with Crippen LogP contribution in [0.5, 0.6) is 28.7 Å². The molecule has 25 heteroatoms. The first kappa shape index (κ1) is 80.5. The smallest absolute Gasteiger partial charge is 0.150 e. The van der Waals surface area contributed by atoms with E-state index in [1.54, 1.807) is 59.5 Å². The molecule has 86 heavy (non-hydrogen) atoms. The van der Waals surface area contributed by atoms with Crippen LogP contribution < -0.4 is 50.3 Å². The Morgan fingerprint density at radius 2 is 0.605 bits per heavy atom. The third-order valence-corrected chi connectivity index (χ3v) is 13.9. The molecule has 0 saturated heterocycles. The fraction of sp³-hybridized carbons (Fsp3) is 0.344. The standard InChI is InChI=1S/C13H16Br2FNO.C13H16Cl2FNO.C12H14Br2FNO.C12H14Cl2FNO.C11H12Br2FNO/c2*1-3-4-9-7-10(18-6-5-12(14)15)8-11(16)13(9)17-2;2*1-3-8-6-9(17-5-4-11(13)14)7-10(15)12(8)16-2;1-7-5-8(16-4-3-10(12)13)6-9(14)11(7)15-2/h2*5,7-8,17H,3-4,6H2,1-2H3;2*4,6-7,16H,3,5H2,1-2H3;3,5-6,15H,4H2,1-2H3. The van der Waals surface area contributed by atoms with E-state index in [1.165, 1.54) is 42.5 Å². The van der Waals surface area contributed by atoms with Gasteiger partial charge in [0.25, 0.3) is 0 Å². The maximum absolute atomic E-state index is 13.8. The SMILES string of the molecule is CCCc1cc(OCC=C(Br)Br)cc(F)c1NC.CCCc1cc(OCC=C(Cl)Cl)cc(F)c1NC.CCc1cc(OCC=C(Br)Br)cc(F)c1NC.CCc1cc(OCC=C(Cl)Cl)cc(F)c1NC.CNc1c(C)cc(OCC=C(Br)Br)cc1F. The average molecular weight is 1670 g/mol. The van der Waals surface area contributed by atoms with Gasteiger partial charge < -0.3 is 50.3 Å². The van der Waals surface area contributed by atoms with Gasteiger partial charge in [-0.05, 0) is 217 Å². The van der Waals surface area contributed by atoms with E-state index < -0.39 is 0 Å². The van der Waals surface area contributed by atoms with Crippen molar-refractivity contribution in [2.45, 2.75) is 73.1 Å². The summed E-state index contributed by atoms with van der Waals surface area (Å²) in [6.07, 6.45) is 13.4. The summed E-state index contributed by atoms with van der Waals surface area (Å²) in [5.41, 5.74) is 7.06. The maximum atomic E-state index is 13.8. The summed E-state index contributed by atoms with van der Waals surface area (Å²) in [4.78, 5) is 0. The van der Waals surface area contributed by atoms with Crippen LogP contribution in [0.25, 0.3) is 0 Å². The van der Waals surface area contributed by atoms with E-state index in [0.29, 0.717) is 77.0 Å². The molecule has 0 aliphatic carbocycles. The second kappa shape index (κ2) is 45.7. The minimum absolute atomic E-state index is 0.132. The molecule has 0 aromatic heterocycles. The quantitative estimate of drug-likeness (QED) is 0.0344. The summed E-state index contributed by atoms with van der Waals surface area (Å²) in [6.45, 7) is 11.4. The average Bonchev–Trinajstić information content (AvgIpc) is 3.62. The molecule has 0 unspecified atom stereocenters. The van der Waals surface area contributed by atoms with Crippen molar-refractivity contribution in [1.82, 2.24) is 0 Å². The van der Waals surface area contributed by atoms with Gasteiger partial charge in [-0.2, -0.15) is 0 Å². The Morgan fingerprint density at radius 1 is 0.372 bits per heavy atom. The Labute approximate surface area is 574 Å². The van der Waals surface area contributed by atoms with Gasteiger partial charge in [0.15, 0.2) is 0 Å². The molecule has 0 atom stereocenters. The molecule has 476 valence electrons. The number of halogens is 15. The lowest BCUT2D eigenvalue weighted by molar-refractivity contribution is 0.360. The maximum Gasteiger partial charge on any atom is 0.150 e. The normalized spacial score (nSPS) is 9.97. The van der Waals surface area contributed by atoms with Gasteiger partial charge in [-0.1, -0.05) is 86.9 Å². The number of hydrogen-bond acceptors (Lipinski definition) is 10. The van der Waals surface area contributed by atoms with Gasteiger partial charge in [-0.15, -0.1) is 0 Å². The first-order chi connectivity index (χ1) is 40.9. The fourth-order valence-corrected chi connectivity index (χ4v) is 8.65. The molecule has 10 nitrogen and oxygen atoms in total. The minimum atomic E-state index is -0.331. The monoisotopic (exact) mass is 1660 g/mol. The zero-order valence-electron chi connectivity index (χ0n) is 49.1. The van der Waals surface area contributed by atoms with E-state index in [2.05, 4.69) is 129 Å².